The zero-order chi connectivity index (χ0) is 12.1. The lowest BCUT2D eigenvalue weighted by Gasteiger charge is -2.03. The van der Waals surface area contributed by atoms with Crippen LogP contribution in [-0.4, -0.2) is 28.0 Å². The first kappa shape index (κ1) is 11.5. The fraction of sp³-hybridized carbons (Fsp3) is 0.200. The Morgan fingerprint density at radius 2 is 2.29 bits per heavy atom. The molecule has 2 aromatic heterocycles. The molecule has 2 rings (SSSR count). The van der Waals surface area contributed by atoms with Gasteiger partial charge in [0.05, 0.1) is 31.6 Å². The Labute approximate surface area is 102 Å². The third-order valence-electron chi connectivity index (χ3n) is 1.97. The van der Waals surface area contributed by atoms with Gasteiger partial charge < -0.3 is 10.1 Å². The maximum absolute atomic E-state index is 11.1. The number of methoxy groups -OCH3 is 1. The van der Waals surface area contributed by atoms with Gasteiger partial charge in [-0.15, -0.1) is 11.3 Å². The molecule has 0 saturated heterocycles. The lowest BCUT2D eigenvalue weighted by atomic mass is 10.4. The Kier molecular flexibility index (Phi) is 3.61. The first-order valence-corrected chi connectivity index (χ1v) is 5.69. The molecule has 0 spiro atoms. The van der Waals surface area contributed by atoms with Crippen molar-refractivity contribution in [1.82, 2.24) is 15.0 Å². The number of hydrogen-bond acceptors (Lipinski definition) is 7. The summed E-state index contributed by atoms with van der Waals surface area (Å²) in [6.45, 7) is 0.636. The Bertz CT molecular complexity index is 484. The summed E-state index contributed by atoms with van der Waals surface area (Å²) in [6, 6.07) is 0. The van der Waals surface area contributed by atoms with Crippen molar-refractivity contribution in [1.29, 1.82) is 0 Å². The van der Waals surface area contributed by atoms with E-state index in [1.54, 1.807) is 23.0 Å². The summed E-state index contributed by atoms with van der Waals surface area (Å²) in [4.78, 5) is 24.2. The SMILES string of the molecule is COC(=O)c1cnc(NCc2cncs2)cn1. The van der Waals surface area contributed by atoms with E-state index in [1.165, 1.54) is 19.5 Å². The van der Waals surface area contributed by atoms with Crippen LogP contribution >= 0.6 is 11.3 Å². The molecule has 0 radical (unpaired) electrons. The highest BCUT2D eigenvalue weighted by atomic mass is 32.1. The zero-order valence-corrected chi connectivity index (χ0v) is 9.90. The first-order chi connectivity index (χ1) is 8.29. The Balaban J connectivity index is 1.96. The molecule has 0 atom stereocenters. The molecule has 0 aromatic carbocycles. The zero-order valence-electron chi connectivity index (χ0n) is 9.08. The van der Waals surface area contributed by atoms with Crippen molar-refractivity contribution in [3.63, 3.8) is 0 Å². The number of anilines is 1. The van der Waals surface area contributed by atoms with E-state index in [2.05, 4.69) is 25.0 Å². The van der Waals surface area contributed by atoms with Gasteiger partial charge >= 0.3 is 5.97 Å². The number of ether oxygens (including phenoxy) is 1. The Hall–Kier alpha value is -2.02. The van der Waals surface area contributed by atoms with Crippen molar-refractivity contribution in [2.75, 3.05) is 12.4 Å². The highest BCUT2D eigenvalue weighted by Gasteiger charge is 2.07. The number of carbonyl (C=O) groups is 1. The van der Waals surface area contributed by atoms with Crippen LogP contribution in [0.15, 0.2) is 24.1 Å². The maximum atomic E-state index is 11.1. The minimum Gasteiger partial charge on any atom is -0.464 e. The molecule has 1 N–H and O–H groups in total. The van der Waals surface area contributed by atoms with Crippen molar-refractivity contribution in [2.45, 2.75) is 6.54 Å². The summed E-state index contributed by atoms with van der Waals surface area (Å²) >= 11 is 1.56. The van der Waals surface area contributed by atoms with Gasteiger partial charge in [-0.1, -0.05) is 0 Å². The van der Waals surface area contributed by atoms with Gasteiger partial charge in [0.25, 0.3) is 0 Å². The van der Waals surface area contributed by atoms with E-state index in [1.807, 2.05) is 0 Å². The number of nitrogens with zero attached hydrogens (tertiary/aromatic N) is 3. The second-order valence-corrected chi connectivity index (χ2v) is 4.07. The monoisotopic (exact) mass is 250 g/mol. The molecule has 0 aliphatic carbocycles. The minimum absolute atomic E-state index is 0.191. The summed E-state index contributed by atoms with van der Waals surface area (Å²) in [6.07, 6.45) is 4.65. The number of esters is 1. The van der Waals surface area contributed by atoms with Crippen LogP contribution in [0.25, 0.3) is 0 Å². The second kappa shape index (κ2) is 5.35. The van der Waals surface area contributed by atoms with E-state index < -0.39 is 5.97 Å². The fourth-order valence-corrected chi connectivity index (χ4v) is 1.67. The fourth-order valence-electron chi connectivity index (χ4n) is 1.14. The van der Waals surface area contributed by atoms with Crippen LogP contribution in [0, 0.1) is 0 Å². The molecule has 0 unspecified atom stereocenters. The molecular weight excluding hydrogens is 240 g/mol. The number of rotatable bonds is 4. The largest absolute Gasteiger partial charge is 0.464 e. The van der Waals surface area contributed by atoms with Crippen LogP contribution in [0.5, 0.6) is 0 Å². The molecule has 17 heavy (non-hydrogen) atoms. The van der Waals surface area contributed by atoms with Crippen molar-refractivity contribution < 1.29 is 9.53 Å². The highest BCUT2D eigenvalue weighted by Crippen LogP contribution is 2.08. The summed E-state index contributed by atoms with van der Waals surface area (Å²) < 4.78 is 4.53. The van der Waals surface area contributed by atoms with Gasteiger partial charge in [0.1, 0.15) is 5.82 Å². The summed E-state index contributed by atoms with van der Waals surface area (Å²) in [5.74, 6) is 0.109. The quantitative estimate of drug-likeness (QED) is 0.825. The molecule has 2 heterocycles. The molecule has 6 nitrogen and oxygen atoms in total. The van der Waals surface area contributed by atoms with Gasteiger partial charge in [0.2, 0.25) is 0 Å². The van der Waals surface area contributed by atoms with Crippen LogP contribution in [0.1, 0.15) is 15.4 Å². The predicted octanol–water partition coefficient (Wildman–Crippen LogP) is 1.33. The molecule has 0 fully saturated rings. The highest BCUT2D eigenvalue weighted by molar-refractivity contribution is 7.09. The molecule has 0 amide bonds. The molecule has 88 valence electrons. The Morgan fingerprint density at radius 1 is 1.41 bits per heavy atom. The van der Waals surface area contributed by atoms with Gasteiger partial charge in [-0.25, -0.2) is 14.8 Å². The second-order valence-electron chi connectivity index (χ2n) is 3.10. The summed E-state index contributed by atoms with van der Waals surface area (Å²) in [5, 5.41) is 3.08. The first-order valence-electron chi connectivity index (χ1n) is 4.81. The van der Waals surface area contributed by atoms with E-state index in [-0.39, 0.29) is 5.69 Å². The van der Waals surface area contributed by atoms with E-state index in [9.17, 15) is 4.79 Å². The minimum atomic E-state index is -0.494. The normalized spacial score (nSPS) is 9.94. The van der Waals surface area contributed by atoms with E-state index in [0.717, 1.165) is 4.88 Å². The number of nitrogens with one attached hydrogen (secondary N) is 1. The molecule has 0 aliphatic heterocycles. The van der Waals surface area contributed by atoms with Crippen LogP contribution in [-0.2, 0) is 11.3 Å². The third-order valence-corrected chi connectivity index (χ3v) is 2.75. The number of thiazole rings is 1. The average molecular weight is 250 g/mol. The number of hydrogen-bond donors (Lipinski definition) is 1. The molecule has 2 aromatic rings. The smallest absolute Gasteiger partial charge is 0.358 e. The van der Waals surface area contributed by atoms with Gasteiger partial charge in [-0.2, -0.15) is 0 Å². The van der Waals surface area contributed by atoms with Gasteiger partial charge in [-0.3, -0.25) is 4.98 Å². The lowest BCUT2D eigenvalue weighted by molar-refractivity contribution is 0.0593. The van der Waals surface area contributed by atoms with Crippen molar-refractivity contribution in [2.24, 2.45) is 0 Å². The molecule has 0 bridgehead atoms. The summed E-state index contributed by atoms with van der Waals surface area (Å²) in [5.41, 5.74) is 1.96. The predicted molar refractivity (Wildman–Crippen MR) is 62.8 cm³/mol. The number of carbonyl (C=O) groups excluding carboxylic acids is 1. The Morgan fingerprint density at radius 3 is 2.88 bits per heavy atom. The van der Waals surface area contributed by atoms with Crippen molar-refractivity contribution in [3.8, 4) is 0 Å². The summed E-state index contributed by atoms with van der Waals surface area (Å²) in [7, 11) is 1.31. The third kappa shape index (κ3) is 2.97. The topological polar surface area (TPSA) is 77.0 Å². The average Bonchev–Trinajstić information content (AvgIpc) is 2.89. The molecule has 0 saturated carbocycles. The number of aromatic nitrogens is 3. The van der Waals surface area contributed by atoms with E-state index in [0.29, 0.717) is 12.4 Å². The van der Waals surface area contributed by atoms with E-state index >= 15 is 0 Å². The lowest BCUT2D eigenvalue weighted by Crippen LogP contribution is -2.07. The molecule has 0 aliphatic rings. The maximum Gasteiger partial charge on any atom is 0.358 e. The van der Waals surface area contributed by atoms with Crippen LogP contribution in [0.4, 0.5) is 5.82 Å². The van der Waals surface area contributed by atoms with Gasteiger partial charge in [-0.05, 0) is 0 Å². The van der Waals surface area contributed by atoms with Crippen molar-refractivity contribution in [3.05, 3.63) is 34.7 Å². The van der Waals surface area contributed by atoms with Gasteiger partial charge in [0.15, 0.2) is 5.69 Å². The molecular formula is C10H10N4O2S. The standard InChI is InChI=1S/C10H10N4O2S/c1-16-10(15)8-4-14-9(5-12-8)13-3-7-2-11-6-17-7/h2,4-6H,3H2,1H3,(H,13,14). The van der Waals surface area contributed by atoms with E-state index in [4.69, 9.17) is 0 Å². The van der Waals surface area contributed by atoms with Gasteiger partial charge in [0, 0.05) is 11.1 Å². The van der Waals surface area contributed by atoms with Crippen LogP contribution in [0.3, 0.4) is 0 Å². The van der Waals surface area contributed by atoms with Crippen molar-refractivity contribution >= 4 is 23.1 Å². The molecule has 7 heteroatoms. The van der Waals surface area contributed by atoms with Crippen LogP contribution < -0.4 is 5.32 Å². The van der Waals surface area contributed by atoms with Crippen LogP contribution in [0.2, 0.25) is 0 Å².